The normalized spacial score (nSPS) is 29.5. The molecule has 0 aromatic heterocycles. The number of ether oxygens (including phenoxy) is 1. The van der Waals surface area contributed by atoms with Crippen LogP contribution in [-0.4, -0.2) is 25.5 Å². The largest absolute Gasteiger partial charge is 0.377 e. The molecular formula is C11H17NO. The second kappa shape index (κ2) is 4.05. The molecular weight excluding hydrogens is 162 g/mol. The molecule has 2 heterocycles. The molecule has 0 unspecified atom stereocenters. The predicted octanol–water partition coefficient (Wildman–Crippen LogP) is 2.20. The van der Waals surface area contributed by atoms with E-state index in [0.29, 0.717) is 0 Å². The van der Waals surface area contributed by atoms with Crippen LogP contribution in [0.4, 0.5) is 0 Å². The van der Waals surface area contributed by atoms with E-state index in [1.807, 2.05) is 0 Å². The van der Waals surface area contributed by atoms with Gasteiger partial charge < -0.3 is 4.74 Å². The Kier molecular flexibility index (Phi) is 2.79. The van der Waals surface area contributed by atoms with Crippen LogP contribution in [0.1, 0.15) is 26.2 Å². The van der Waals surface area contributed by atoms with Crippen molar-refractivity contribution in [2.24, 2.45) is 10.9 Å². The van der Waals surface area contributed by atoms with Gasteiger partial charge in [-0.25, -0.2) is 0 Å². The molecule has 0 saturated carbocycles. The summed E-state index contributed by atoms with van der Waals surface area (Å²) in [5, 5.41) is 0. The summed E-state index contributed by atoms with van der Waals surface area (Å²) in [5.74, 6) is 0.782. The van der Waals surface area contributed by atoms with Crippen LogP contribution in [0.25, 0.3) is 0 Å². The van der Waals surface area contributed by atoms with Gasteiger partial charge in [-0.2, -0.15) is 0 Å². The molecule has 0 spiro atoms. The quantitative estimate of drug-likeness (QED) is 0.604. The lowest BCUT2D eigenvalue weighted by molar-refractivity contribution is 0.156. The molecule has 0 saturated heterocycles. The third-order valence-electron chi connectivity index (χ3n) is 2.80. The number of rotatable bonds is 1. The zero-order valence-corrected chi connectivity index (χ0v) is 8.25. The van der Waals surface area contributed by atoms with Gasteiger partial charge in [0.1, 0.15) is 0 Å². The first-order valence-corrected chi connectivity index (χ1v) is 5.17. The highest BCUT2D eigenvalue weighted by Crippen LogP contribution is 2.20. The summed E-state index contributed by atoms with van der Waals surface area (Å²) in [6, 6.07) is 0. The highest BCUT2D eigenvalue weighted by atomic mass is 16.5. The number of nitrogens with zero attached hydrogens (tertiary/aromatic N) is 1. The Labute approximate surface area is 79.7 Å². The standard InChI is InChI=1S/C11H17NO/c1-9-2-3-11(12-8-9)10-4-6-13-7-5-10/h4,9H,2-3,5-8H2,1H3/t9-/m0/s1. The maximum atomic E-state index is 5.28. The third kappa shape index (κ3) is 2.19. The molecule has 13 heavy (non-hydrogen) atoms. The molecule has 0 aromatic rings. The second-order valence-electron chi connectivity index (χ2n) is 3.99. The van der Waals surface area contributed by atoms with E-state index in [-0.39, 0.29) is 0 Å². The van der Waals surface area contributed by atoms with E-state index in [4.69, 9.17) is 4.74 Å². The Balaban J connectivity index is 2.03. The summed E-state index contributed by atoms with van der Waals surface area (Å²) in [6.07, 6.45) is 5.73. The predicted molar refractivity (Wildman–Crippen MR) is 54.2 cm³/mol. The summed E-state index contributed by atoms with van der Waals surface area (Å²) >= 11 is 0. The molecule has 0 aliphatic carbocycles. The number of hydrogen-bond acceptors (Lipinski definition) is 2. The van der Waals surface area contributed by atoms with Gasteiger partial charge in [0, 0.05) is 12.3 Å². The fraction of sp³-hybridized carbons (Fsp3) is 0.727. The van der Waals surface area contributed by atoms with Crippen LogP contribution in [0.5, 0.6) is 0 Å². The van der Waals surface area contributed by atoms with Crippen molar-refractivity contribution in [1.29, 1.82) is 0 Å². The van der Waals surface area contributed by atoms with Gasteiger partial charge in [0.2, 0.25) is 0 Å². The first kappa shape index (κ1) is 8.95. The van der Waals surface area contributed by atoms with Gasteiger partial charge in [-0.05, 0) is 30.8 Å². The maximum Gasteiger partial charge on any atom is 0.0653 e. The average molecular weight is 179 g/mol. The molecule has 2 aliphatic rings. The second-order valence-corrected chi connectivity index (χ2v) is 3.99. The van der Waals surface area contributed by atoms with Crippen LogP contribution in [0.3, 0.4) is 0 Å². The summed E-state index contributed by atoms with van der Waals surface area (Å²) in [5.41, 5.74) is 2.79. The van der Waals surface area contributed by atoms with Crippen molar-refractivity contribution in [3.8, 4) is 0 Å². The van der Waals surface area contributed by atoms with Crippen molar-refractivity contribution in [2.45, 2.75) is 26.2 Å². The van der Waals surface area contributed by atoms with E-state index in [1.165, 1.54) is 24.1 Å². The van der Waals surface area contributed by atoms with Crippen molar-refractivity contribution in [3.05, 3.63) is 11.6 Å². The van der Waals surface area contributed by atoms with Gasteiger partial charge in [-0.3, -0.25) is 4.99 Å². The third-order valence-corrected chi connectivity index (χ3v) is 2.80. The van der Waals surface area contributed by atoms with Crippen LogP contribution in [0.2, 0.25) is 0 Å². The van der Waals surface area contributed by atoms with E-state index >= 15 is 0 Å². The van der Waals surface area contributed by atoms with Crippen molar-refractivity contribution in [1.82, 2.24) is 0 Å². The Morgan fingerprint density at radius 1 is 1.46 bits per heavy atom. The van der Waals surface area contributed by atoms with Crippen molar-refractivity contribution in [3.63, 3.8) is 0 Å². The van der Waals surface area contributed by atoms with Gasteiger partial charge in [-0.1, -0.05) is 13.0 Å². The summed E-state index contributed by atoms with van der Waals surface area (Å²) in [6.45, 7) is 4.95. The molecule has 1 atom stereocenters. The number of aliphatic imine (C=N–C) groups is 1. The SMILES string of the molecule is C[C@H]1CCC(C2=CCOCC2)=NC1. The molecule has 2 rings (SSSR count). The van der Waals surface area contributed by atoms with E-state index < -0.39 is 0 Å². The Hall–Kier alpha value is -0.630. The molecule has 0 aromatic carbocycles. The first-order chi connectivity index (χ1) is 6.36. The van der Waals surface area contributed by atoms with Gasteiger partial charge in [-0.15, -0.1) is 0 Å². The lowest BCUT2D eigenvalue weighted by atomic mass is 9.94. The van der Waals surface area contributed by atoms with Gasteiger partial charge in [0.05, 0.1) is 13.2 Å². The number of hydrogen-bond donors (Lipinski definition) is 0. The Morgan fingerprint density at radius 3 is 3.00 bits per heavy atom. The van der Waals surface area contributed by atoms with E-state index in [9.17, 15) is 0 Å². The van der Waals surface area contributed by atoms with Gasteiger partial charge >= 0.3 is 0 Å². The molecule has 0 fully saturated rings. The minimum atomic E-state index is 0.782. The zero-order chi connectivity index (χ0) is 9.10. The van der Waals surface area contributed by atoms with E-state index in [1.54, 1.807) is 0 Å². The maximum absolute atomic E-state index is 5.28. The van der Waals surface area contributed by atoms with E-state index in [0.717, 1.165) is 32.1 Å². The Bertz CT molecular complexity index is 242. The highest BCUT2D eigenvalue weighted by molar-refractivity contribution is 6.00. The zero-order valence-electron chi connectivity index (χ0n) is 8.25. The fourth-order valence-electron chi connectivity index (χ4n) is 1.87. The lowest BCUT2D eigenvalue weighted by Crippen LogP contribution is -2.18. The van der Waals surface area contributed by atoms with Crippen LogP contribution >= 0.6 is 0 Å². The molecule has 0 bridgehead atoms. The van der Waals surface area contributed by atoms with Crippen molar-refractivity contribution >= 4 is 5.71 Å². The average Bonchev–Trinajstić information content (AvgIpc) is 2.20. The van der Waals surface area contributed by atoms with Gasteiger partial charge in [0.15, 0.2) is 0 Å². The topological polar surface area (TPSA) is 21.6 Å². The summed E-state index contributed by atoms with van der Waals surface area (Å²) in [4.78, 5) is 4.63. The van der Waals surface area contributed by atoms with Crippen molar-refractivity contribution < 1.29 is 4.74 Å². The summed E-state index contributed by atoms with van der Waals surface area (Å²) < 4.78 is 5.28. The van der Waals surface area contributed by atoms with Crippen LogP contribution in [0, 0.1) is 5.92 Å². The summed E-state index contributed by atoms with van der Waals surface area (Å²) in [7, 11) is 0. The van der Waals surface area contributed by atoms with Crippen LogP contribution < -0.4 is 0 Å². The molecule has 72 valence electrons. The lowest BCUT2D eigenvalue weighted by Gasteiger charge is -2.21. The minimum Gasteiger partial charge on any atom is -0.377 e. The molecule has 2 nitrogen and oxygen atoms in total. The molecule has 2 aliphatic heterocycles. The minimum absolute atomic E-state index is 0.782. The molecule has 0 radical (unpaired) electrons. The molecule has 0 amide bonds. The highest BCUT2D eigenvalue weighted by Gasteiger charge is 2.15. The smallest absolute Gasteiger partial charge is 0.0653 e. The van der Waals surface area contributed by atoms with Gasteiger partial charge in [0.25, 0.3) is 0 Å². The van der Waals surface area contributed by atoms with E-state index in [2.05, 4.69) is 18.0 Å². The molecule has 2 heteroatoms. The Morgan fingerprint density at radius 2 is 2.38 bits per heavy atom. The molecule has 0 N–H and O–H groups in total. The fourth-order valence-corrected chi connectivity index (χ4v) is 1.87. The van der Waals surface area contributed by atoms with Crippen LogP contribution in [-0.2, 0) is 4.74 Å². The van der Waals surface area contributed by atoms with Crippen molar-refractivity contribution in [2.75, 3.05) is 19.8 Å². The monoisotopic (exact) mass is 179 g/mol. The first-order valence-electron chi connectivity index (χ1n) is 5.17. The van der Waals surface area contributed by atoms with Crippen LogP contribution in [0.15, 0.2) is 16.6 Å².